The maximum atomic E-state index is 12.8. The fourth-order valence-corrected chi connectivity index (χ4v) is 5.08. The topological polar surface area (TPSA) is 47.6 Å². The first kappa shape index (κ1) is 14.7. The number of rotatable bonds is 2. The number of carbonyl (C=O) groups excluding carboxylic acids is 1. The van der Waals surface area contributed by atoms with Gasteiger partial charge in [-0.2, -0.15) is 0 Å². The van der Waals surface area contributed by atoms with Crippen molar-refractivity contribution in [1.82, 2.24) is 15.5 Å². The Labute approximate surface area is 143 Å². The Morgan fingerprint density at radius 1 is 0.958 bits per heavy atom. The first-order valence-electron chi connectivity index (χ1n) is 9.45. The van der Waals surface area contributed by atoms with Crippen molar-refractivity contribution in [2.24, 2.45) is 0 Å². The van der Waals surface area contributed by atoms with Crippen LogP contribution in [0.4, 0.5) is 5.69 Å². The number of fused-ring (bicyclic) bond motifs is 3. The summed E-state index contributed by atoms with van der Waals surface area (Å²) in [4.78, 5) is 17.5. The van der Waals surface area contributed by atoms with Gasteiger partial charge in [0, 0.05) is 55.6 Å². The molecule has 1 amide bonds. The average molecular weight is 326 g/mol. The van der Waals surface area contributed by atoms with Gasteiger partial charge in [0.2, 0.25) is 0 Å². The van der Waals surface area contributed by atoms with E-state index in [1.54, 1.807) is 0 Å². The van der Waals surface area contributed by atoms with Gasteiger partial charge in [-0.3, -0.25) is 4.79 Å². The predicted molar refractivity (Wildman–Crippen MR) is 94.4 cm³/mol. The van der Waals surface area contributed by atoms with Crippen molar-refractivity contribution in [3.05, 3.63) is 29.3 Å². The molecule has 4 heterocycles. The second kappa shape index (κ2) is 5.74. The van der Waals surface area contributed by atoms with Gasteiger partial charge in [-0.1, -0.05) is 0 Å². The van der Waals surface area contributed by atoms with Gasteiger partial charge < -0.3 is 20.4 Å². The van der Waals surface area contributed by atoms with E-state index in [1.165, 1.54) is 30.5 Å². The molecule has 2 bridgehead atoms. The van der Waals surface area contributed by atoms with Gasteiger partial charge >= 0.3 is 0 Å². The molecule has 128 valence electrons. The number of anilines is 1. The van der Waals surface area contributed by atoms with E-state index in [0.717, 1.165) is 44.7 Å². The van der Waals surface area contributed by atoms with E-state index in [-0.39, 0.29) is 5.91 Å². The van der Waals surface area contributed by atoms with Crippen LogP contribution in [0.15, 0.2) is 18.2 Å². The van der Waals surface area contributed by atoms with Crippen LogP contribution in [-0.2, 0) is 6.54 Å². The minimum absolute atomic E-state index is 0.230. The molecule has 5 rings (SSSR count). The molecule has 1 aromatic rings. The molecule has 0 aliphatic carbocycles. The summed E-state index contributed by atoms with van der Waals surface area (Å²) >= 11 is 0. The number of amides is 1. The van der Waals surface area contributed by atoms with Crippen LogP contribution in [0.1, 0.15) is 41.6 Å². The summed E-state index contributed by atoms with van der Waals surface area (Å²) in [5.41, 5.74) is 3.46. The van der Waals surface area contributed by atoms with Crippen LogP contribution in [0.25, 0.3) is 0 Å². The number of hydrogen-bond donors (Lipinski definition) is 2. The molecule has 3 fully saturated rings. The Morgan fingerprint density at radius 3 is 2.50 bits per heavy atom. The summed E-state index contributed by atoms with van der Waals surface area (Å²) < 4.78 is 0. The number of piperidine rings is 1. The minimum atomic E-state index is 0.230. The van der Waals surface area contributed by atoms with E-state index in [2.05, 4.69) is 38.6 Å². The lowest BCUT2D eigenvalue weighted by Crippen LogP contribution is -2.52. The highest BCUT2D eigenvalue weighted by Crippen LogP contribution is 2.36. The second-order valence-corrected chi connectivity index (χ2v) is 7.73. The molecule has 0 saturated carbocycles. The molecule has 0 aromatic heterocycles. The molecule has 0 radical (unpaired) electrons. The zero-order chi connectivity index (χ0) is 16.1. The third-order valence-corrected chi connectivity index (χ3v) is 6.31. The fourth-order valence-electron chi connectivity index (χ4n) is 5.08. The third kappa shape index (κ3) is 2.25. The molecular formula is C19H26N4O. The number of benzene rings is 1. The molecule has 3 atom stereocenters. The zero-order valence-electron chi connectivity index (χ0n) is 14.1. The van der Waals surface area contributed by atoms with Crippen LogP contribution in [0, 0.1) is 0 Å². The summed E-state index contributed by atoms with van der Waals surface area (Å²) in [7, 11) is 0. The van der Waals surface area contributed by atoms with E-state index < -0.39 is 0 Å². The van der Waals surface area contributed by atoms with Crippen LogP contribution in [0.2, 0.25) is 0 Å². The molecule has 4 aliphatic rings. The number of nitrogens with zero attached hydrogens (tertiary/aromatic N) is 2. The van der Waals surface area contributed by atoms with Crippen molar-refractivity contribution in [2.75, 3.05) is 31.1 Å². The quantitative estimate of drug-likeness (QED) is 0.861. The summed E-state index contributed by atoms with van der Waals surface area (Å²) in [6.07, 6.45) is 4.86. The minimum Gasteiger partial charge on any atom is -0.363 e. The van der Waals surface area contributed by atoms with Crippen LogP contribution in [0.3, 0.4) is 0 Å². The van der Waals surface area contributed by atoms with E-state index in [9.17, 15) is 4.79 Å². The van der Waals surface area contributed by atoms with Gasteiger partial charge in [0.1, 0.15) is 0 Å². The Hall–Kier alpha value is -1.59. The van der Waals surface area contributed by atoms with Gasteiger partial charge in [0.05, 0.1) is 0 Å². The highest BCUT2D eigenvalue weighted by molar-refractivity contribution is 5.99. The van der Waals surface area contributed by atoms with Crippen molar-refractivity contribution in [2.45, 2.75) is 50.4 Å². The van der Waals surface area contributed by atoms with Crippen molar-refractivity contribution in [3.8, 4) is 0 Å². The Kier molecular flexibility index (Phi) is 3.52. The number of piperazine rings is 1. The van der Waals surface area contributed by atoms with Crippen molar-refractivity contribution >= 4 is 11.6 Å². The van der Waals surface area contributed by atoms with E-state index >= 15 is 0 Å². The normalized spacial score (nSPS) is 32.3. The smallest absolute Gasteiger partial charge is 0.254 e. The van der Waals surface area contributed by atoms with E-state index in [4.69, 9.17) is 0 Å². The molecular weight excluding hydrogens is 300 g/mol. The van der Waals surface area contributed by atoms with Crippen LogP contribution in [0.5, 0.6) is 0 Å². The highest BCUT2D eigenvalue weighted by atomic mass is 16.2. The number of nitrogens with one attached hydrogen (secondary N) is 2. The van der Waals surface area contributed by atoms with Gasteiger partial charge in [0.15, 0.2) is 0 Å². The predicted octanol–water partition coefficient (Wildman–Crippen LogP) is 1.33. The monoisotopic (exact) mass is 326 g/mol. The Bertz CT molecular complexity index is 639. The van der Waals surface area contributed by atoms with Crippen LogP contribution >= 0.6 is 0 Å². The largest absolute Gasteiger partial charge is 0.363 e. The first-order valence-corrected chi connectivity index (χ1v) is 9.45. The lowest BCUT2D eigenvalue weighted by Gasteiger charge is -2.37. The fraction of sp³-hybridized carbons (Fsp3) is 0.632. The van der Waals surface area contributed by atoms with Crippen molar-refractivity contribution in [3.63, 3.8) is 0 Å². The molecule has 3 unspecified atom stereocenters. The van der Waals surface area contributed by atoms with Gasteiger partial charge in [0.25, 0.3) is 5.91 Å². The highest BCUT2D eigenvalue weighted by Gasteiger charge is 2.38. The van der Waals surface area contributed by atoms with Crippen molar-refractivity contribution < 1.29 is 4.79 Å². The molecule has 1 aromatic carbocycles. The second-order valence-electron chi connectivity index (χ2n) is 7.73. The summed E-state index contributed by atoms with van der Waals surface area (Å²) in [5, 5.41) is 6.98. The number of hydrogen-bond acceptors (Lipinski definition) is 4. The van der Waals surface area contributed by atoms with Gasteiger partial charge in [-0.15, -0.1) is 0 Å². The van der Waals surface area contributed by atoms with Crippen molar-refractivity contribution in [1.29, 1.82) is 0 Å². The average Bonchev–Trinajstić information content (AvgIpc) is 3.08. The standard InChI is InChI=1S/C19H26N4O/c24-19-18-6-5-14(23-16-3-4-17(23)11-21-10-16)8-13(18)12-22(19)15-2-1-7-20-9-15/h5-6,8,15-17,20-21H,1-4,7,9-12H2. The summed E-state index contributed by atoms with van der Waals surface area (Å²) in [5.74, 6) is 0.230. The molecule has 0 spiro atoms. The SMILES string of the molecule is O=C1c2ccc(N3C4CCC3CNC4)cc2CN1C1CCCNC1. The third-order valence-electron chi connectivity index (χ3n) is 6.31. The molecule has 5 nitrogen and oxygen atoms in total. The Balaban J connectivity index is 1.41. The van der Waals surface area contributed by atoms with Gasteiger partial charge in [-0.25, -0.2) is 0 Å². The lowest BCUT2D eigenvalue weighted by molar-refractivity contribution is 0.0674. The Morgan fingerprint density at radius 2 is 1.75 bits per heavy atom. The molecule has 4 aliphatic heterocycles. The van der Waals surface area contributed by atoms with E-state index in [0.29, 0.717) is 18.1 Å². The number of carbonyl (C=O) groups is 1. The van der Waals surface area contributed by atoms with Crippen LogP contribution < -0.4 is 15.5 Å². The zero-order valence-corrected chi connectivity index (χ0v) is 14.1. The molecule has 2 N–H and O–H groups in total. The summed E-state index contributed by atoms with van der Waals surface area (Å²) in [6.45, 7) is 4.99. The maximum Gasteiger partial charge on any atom is 0.254 e. The van der Waals surface area contributed by atoms with E-state index in [1.807, 2.05) is 0 Å². The maximum absolute atomic E-state index is 12.8. The first-order chi connectivity index (χ1) is 11.8. The van der Waals surface area contributed by atoms with Gasteiger partial charge in [-0.05, 0) is 56.0 Å². The summed E-state index contributed by atoms with van der Waals surface area (Å²) in [6, 6.07) is 8.15. The molecule has 5 heteroatoms. The molecule has 24 heavy (non-hydrogen) atoms. The lowest BCUT2D eigenvalue weighted by atomic mass is 10.1. The van der Waals surface area contributed by atoms with Crippen LogP contribution in [-0.4, -0.2) is 55.1 Å². The molecule has 3 saturated heterocycles.